The maximum Gasteiger partial charge on any atom is 0.264 e. The molecule has 8 nitrogen and oxygen atoms in total. The molecule has 11 heteroatoms. The fourth-order valence-electron chi connectivity index (χ4n) is 3.09. The molecule has 0 atom stereocenters. The van der Waals surface area contributed by atoms with Gasteiger partial charge in [0.2, 0.25) is 10.0 Å². The number of amides is 1. The molecule has 1 aliphatic rings. The molecule has 180 valence electrons. The van der Waals surface area contributed by atoms with E-state index in [0.29, 0.717) is 32.8 Å². The number of benzene rings is 3. The zero-order valence-electron chi connectivity index (χ0n) is 18.4. The van der Waals surface area contributed by atoms with Crippen LogP contribution in [-0.4, -0.2) is 26.6 Å². The van der Waals surface area contributed by atoms with Crippen molar-refractivity contribution in [3.63, 3.8) is 0 Å². The second-order valence-corrected chi connectivity index (χ2v) is 9.94. The Labute approximate surface area is 205 Å². The Hall–Kier alpha value is -3.67. The Bertz CT molecular complexity index is 1420. The third-order valence-electron chi connectivity index (χ3n) is 4.84. The van der Waals surface area contributed by atoms with Crippen molar-refractivity contribution >= 4 is 44.6 Å². The summed E-state index contributed by atoms with van der Waals surface area (Å²) in [5, 5.41) is 8.13. The van der Waals surface area contributed by atoms with Gasteiger partial charge in [-0.1, -0.05) is 18.2 Å². The number of rotatable bonds is 7. The number of nitrogens with zero attached hydrogens (tertiary/aromatic N) is 1. The smallest absolute Gasteiger partial charge is 0.264 e. The van der Waals surface area contributed by atoms with Gasteiger partial charge in [-0.3, -0.25) is 4.79 Å². The first-order valence-corrected chi connectivity index (χ1v) is 12.6. The summed E-state index contributed by atoms with van der Waals surface area (Å²) in [6.45, 7) is 0.243. The average Bonchev–Trinajstić information content (AvgIpc) is 3.17. The number of aliphatic imine (C=N–C) groups is 1. The Kier molecular flexibility index (Phi) is 7.20. The summed E-state index contributed by atoms with van der Waals surface area (Å²) < 4.78 is 47.0. The van der Waals surface area contributed by atoms with Crippen LogP contribution in [-0.2, 0) is 21.4 Å². The molecule has 1 fully saturated rings. The monoisotopic (exact) mass is 513 g/mol. The standard InChI is InChI=1S/C24H20FN3O5S2/c1-32-21-12-16(4-11-20(21)33-14-15-2-5-17(25)6-3-15)13-22-23(29)28-24(34-22)27-18-7-9-19(10-8-18)35(26,30)31/h2-13H,14H2,1H3,(H2,26,30,31)(H,27,28,29)/b22-13-. The van der Waals surface area contributed by atoms with Crippen LogP contribution in [0.25, 0.3) is 6.08 Å². The molecule has 1 aliphatic heterocycles. The molecule has 3 aromatic rings. The van der Waals surface area contributed by atoms with E-state index < -0.39 is 10.0 Å². The minimum atomic E-state index is -3.79. The van der Waals surface area contributed by atoms with E-state index in [-0.39, 0.29) is 23.2 Å². The summed E-state index contributed by atoms with van der Waals surface area (Å²) >= 11 is 1.15. The van der Waals surface area contributed by atoms with E-state index in [9.17, 15) is 17.6 Å². The summed E-state index contributed by atoms with van der Waals surface area (Å²) in [5.41, 5.74) is 1.99. The first-order valence-electron chi connectivity index (χ1n) is 10.2. The molecule has 0 aliphatic carbocycles. The predicted molar refractivity (Wildman–Crippen MR) is 132 cm³/mol. The number of nitrogens with one attached hydrogen (secondary N) is 1. The number of carbonyl (C=O) groups is 1. The van der Waals surface area contributed by atoms with E-state index >= 15 is 0 Å². The first kappa shape index (κ1) is 24.5. The third kappa shape index (κ3) is 6.27. The predicted octanol–water partition coefficient (Wildman–Crippen LogP) is 3.95. The van der Waals surface area contributed by atoms with Gasteiger partial charge in [0.25, 0.3) is 5.91 Å². The van der Waals surface area contributed by atoms with Gasteiger partial charge >= 0.3 is 0 Å². The van der Waals surface area contributed by atoms with Gasteiger partial charge in [-0.15, -0.1) is 0 Å². The van der Waals surface area contributed by atoms with E-state index in [1.165, 1.54) is 43.5 Å². The number of hydrogen-bond acceptors (Lipinski definition) is 7. The minimum absolute atomic E-state index is 0.0239. The van der Waals surface area contributed by atoms with Crippen molar-refractivity contribution in [2.24, 2.45) is 10.1 Å². The molecule has 1 heterocycles. The van der Waals surface area contributed by atoms with Crippen LogP contribution in [0.1, 0.15) is 11.1 Å². The molecule has 0 unspecified atom stereocenters. The van der Waals surface area contributed by atoms with Crippen molar-refractivity contribution in [3.05, 3.63) is 88.6 Å². The van der Waals surface area contributed by atoms with Crippen molar-refractivity contribution in [1.82, 2.24) is 5.32 Å². The quantitative estimate of drug-likeness (QED) is 0.462. The van der Waals surface area contributed by atoms with Gasteiger partial charge in [0.05, 0.1) is 22.6 Å². The van der Waals surface area contributed by atoms with E-state index in [0.717, 1.165) is 17.3 Å². The highest BCUT2D eigenvalue weighted by Crippen LogP contribution is 2.32. The van der Waals surface area contributed by atoms with Crippen LogP contribution in [0.15, 0.2) is 81.5 Å². The zero-order valence-corrected chi connectivity index (χ0v) is 20.0. The fraction of sp³-hybridized carbons (Fsp3) is 0.0833. The Morgan fingerprint density at radius 3 is 2.43 bits per heavy atom. The highest BCUT2D eigenvalue weighted by molar-refractivity contribution is 8.18. The number of ether oxygens (including phenoxy) is 2. The molecule has 0 spiro atoms. The van der Waals surface area contributed by atoms with Gasteiger partial charge < -0.3 is 14.8 Å². The molecular formula is C24H20FN3O5S2. The van der Waals surface area contributed by atoms with Gasteiger partial charge in [0, 0.05) is 0 Å². The molecule has 0 aromatic heterocycles. The lowest BCUT2D eigenvalue weighted by Crippen LogP contribution is -2.19. The Morgan fingerprint density at radius 2 is 1.77 bits per heavy atom. The highest BCUT2D eigenvalue weighted by Gasteiger charge is 2.24. The normalized spacial score (nSPS) is 15.9. The lowest BCUT2D eigenvalue weighted by Gasteiger charge is -2.11. The van der Waals surface area contributed by atoms with Crippen molar-refractivity contribution in [2.45, 2.75) is 11.5 Å². The van der Waals surface area contributed by atoms with E-state index in [2.05, 4.69) is 10.3 Å². The molecule has 0 bridgehead atoms. The van der Waals surface area contributed by atoms with Crippen molar-refractivity contribution in [2.75, 3.05) is 7.11 Å². The van der Waals surface area contributed by atoms with Crippen LogP contribution in [0, 0.1) is 5.82 Å². The second kappa shape index (κ2) is 10.3. The molecule has 0 radical (unpaired) electrons. The van der Waals surface area contributed by atoms with Crippen LogP contribution in [0.4, 0.5) is 10.1 Å². The average molecular weight is 514 g/mol. The molecule has 3 aromatic carbocycles. The van der Waals surface area contributed by atoms with Crippen molar-refractivity contribution in [3.8, 4) is 11.5 Å². The van der Waals surface area contributed by atoms with Gasteiger partial charge in [-0.05, 0) is 77.5 Å². The van der Waals surface area contributed by atoms with Crippen LogP contribution in [0.2, 0.25) is 0 Å². The molecule has 35 heavy (non-hydrogen) atoms. The zero-order chi connectivity index (χ0) is 25.0. The largest absolute Gasteiger partial charge is 0.493 e. The molecule has 4 rings (SSSR count). The summed E-state index contributed by atoms with van der Waals surface area (Å²) in [6, 6.07) is 17.0. The second-order valence-electron chi connectivity index (χ2n) is 7.35. The topological polar surface area (TPSA) is 120 Å². The van der Waals surface area contributed by atoms with Crippen LogP contribution >= 0.6 is 11.8 Å². The molecule has 1 saturated heterocycles. The highest BCUT2D eigenvalue weighted by atomic mass is 32.2. The maximum atomic E-state index is 13.1. The molecule has 0 saturated carbocycles. The third-order valence-corrected chi connectivity index (χ3v) is 6.68. The van der Waals surface area contributed by atoms with Crippen LogP contribution < -0.4 is 19.9 Å². The minimum Gasteiger partial charge on any atom is -0.493 e. The summed E-state index contributed by atoms with van der Waals surface area (Å²) in [4.78, 5) is 17.1. The fourth-order valence-corrected chi connectivity index (χ4v) is 4.45. The first-order chi connectivity index (χ1) is 16.7. The Morgan fingerprint density at radius 1 is 1.06 bits per heavy atom. The number of methoxy groups -OCH3 is 1. The van der Waals surface area contributed by atoms with Crippen LogP contribution in [0.3, 0.4) is 0 Å². The van der Waals surface area contributed by atoms with E-state index in [1.807, 2.05) is 0 Å². The van der Waals surface area contributed by atoms with Crippen molar-refractivity contribution in [1.29, 1.82) is 0 Å². The van der Waals surface area contributed by atoms with Crippen molar-refractivity contribution < 1.29 is 27.1 Å². The number of carbonyl (C=O) groups excluding carboxylic acids is 1. The maximum absolute atomic E-state index is 13.1. The summed E-state index contributed by atoms with van der Waals surface area (Å²) in [6.07, 6.45) is 1.69. The number of hydrogen-bond donors (Lipinski definition) is 2. The number of nitrogens with two attached hydrogens (primary N) is 1. The van der Waals surface area contributed by atoms with Gasteiger partial charge in [0.1, 0.15) is 12.4 Å². The van der Waals surface area contributed by atoms with Crippen LogP contribution in [0.5, 0.6) is 11.5 Å². The molecule has 1 amide bonds. The van der Waals surface area contributed by atoms with E-state index in [4.69, 9.17) is 14.6 Å². The lowest BCUT2D eigenvalue weighted by molar-refractivity contribution is -0.115. The SMILES string of the molecule is COc1cc(/C=C2\SC(=Nc3ccc(S(N)(=O)=O)cc3)NC2=O)ccc1OCc1ccc(F)cc1. The number of halogens is 1. The summed E-state index contributed by atoms with van der Waals surface area (Å²) in [7, 11) is -2.28. The number of sulfonamides is 1. The number of amidine groups is 1. The van der Waals surface area contributed by atoms with E-state index in [1.54, 1.807) is 36.4 Å². The molecule has 3 N–H and O–H groups in total. The summed E-state index contributed by atoms with van der Waals surface area (Å²) in [5.74, 6) is 0.359. The number of thioether (sulfide) groups is 1. The molecular weight excluding hydrogens is 493 g/mol. The number of primary sulfonamides is 1. The van der Waals surface area contributed by atoms with Gasteiger partial charge in [0.15, 0.2) is 16.7 Å². The lowest BCUT2D eigenvalue weighted by atomic mass is 10.2. The Balaban J connectivity index is 1.47. The van der Waals surface area contributed by atoms with Gasteiger partial charge in [-0.2, -0.15) is 0 Å². The van der Waals surface area contributed by atoms with Gasteiger partial charge in [-0.25, -0.2) is 22.9 Å².